The molecule has 0 fully saturated rings. The van der Waals surface area contributed by atoms with E-state index >= 15 is 0 Å². The molecule has 2 N–H and O–H groups in total. The van der Waals surface area contributed by atoms with Crippen LogP contribution < -0.4 is 10.6 Å². The fraction of sp³-hybridized carbons (Fsp3) is 0.0909. The molecule has 0 radical (unpaired) electrons. The molecule has 2 rings (SSSR count). The molecule has 0 saturated carbocycles. The van der Waals surface area contributed by atoms with E-state index in [1.807, 2.05) is 31.3 Å². The molecule has 2 aromatic rings. The second-order valence-corrected chi connectivity index (χ2v) is 4.42. The molecule has 16 heavy (non-hydrogen) atoms. The van der Waals surface area contributed by atoms with Gasteiger partial charge >= 0.3 is 0 Å². The topological polar surface area (TPSA) is 49.8 Å². The third kappa shape index (κ3) is 2.82. The Morgan fingerprint density at radius 2 is 1.94 bits per heavy atom. The van der Waals surface area contributed by atoms with E-state index in [9.17, 15) is 0 Å². The summed E-state index contributed by atoms with van der Waals surface area (Å²) in [6, 6.07) is 9.97. The maximum atomic E-state index is 4.15. The van der Waals surface area contributed by atoms with Crippen LogP contribution in [-0.4, -0.2) is 17.0 Å². The van der Waals surface area contributed by atoms with Crippen molar-refractivity contribution in [2.75, 3.05) is 17.7 Å². The van der Waals surface area contributed by atoms with Gasteiger partial charge in [-0.3, -0.25) is 0 Å². The van der Waals surface area contributed by atoms with Crippen LogP contribution in [0.25, 0.3) is 0 Å². The smallest absolute Gasteiger partial charge is 0.135 e. The minimum absolute atomic E-state index is 0.779. The summed E-state index contributed by atoms with van der Waals surface area (Å²) >= 11 is 2.28. The molecule has 0 atom stereocenters. The van der Waals surface area contributed by atoms with E-state index in [2.05, 4.69) is 49.3 Å². The highest BCUT2D eigenvalue weighted by Gasteiger charge is 1.98. The molecule has 0 bridgehead atoms. The molecule has 0 amide bonds. The van der Waals surface area contributed by atoms with Gasteiger partial charge in [0.2, 0.25) is 0 Å². The predicted molar refractivity (Wildman–Crippen MR) is 74.0 cm³/mol. The summed E-state index contributed by atoms with van der Waals surface area (Å²) in [6.07, 6.45) is 1.53. The summed E-state index contributed by atoms with van der Waals surface area (Å²) in [7, 11) is 1.83. The number of nitrogens with one attached hydrogen (secondary N) is 2. The van der Waals surface area contributed by atoms with E-state index in [0.717, 1.165) is 17.3 Å². The maximum Gasteiger partial charge on any atom is 0.135 e. The van der Waals surface area contributed by atoms with Gasteiger partial charge in [-0.1, -0.05) is 6.07 Å². The molecule has 0 aliphatic rings. The zero-order chi connectivity index (χ0) is 11.4. The lowest BCUT2D eigenvalue weighted by atomic mass is 10.3. The Morgan fingerprint density at radius 3 is 2.69 bits per heavy atom. The van der Waals surface area contributed by atoms with Crippen molar-refractivity contribution in [1.82, 2.24) is 9.97 Å². The van der Waals surface area contributed by atoms with Gasteiger partial charge in [0.15, 0.2) is 0 Å². The number of aromatic nitrogens is 2. The second kappa shape index (κ2) is 5.11. The summed E-state index contributed by atoms with van der Waals surface area (Å²) < 4.78 is 1.19. The van der Waals surface area contributed by atoms with Crippen molar-refractivity contribution < 1.29 is 0 Å². The van der Waals surface area contributed by atoms with E-state index in [1.54, 1.807) is 0 Å². The average Bonchev–Trinajstić information content (AvgIpc) is 2.29. The molecule has 0 unspecified atom stereocenters. The highest BCUT2D eigenvalue weighted by atomic mass is 127. The number of benzene rings is 1. The van der Waals surface area contributed by atoms with Crippen molar-refractivity contribution >= 4 is 39.9 Å². The minimum atomic E-state index is 0.779. The predicted octanol–water partition coefficient (Wildman–Crippen LogP) is 2.87. The van der Waals surface area contributed by atoms with Gasteiger partial charge in [-0.2, -0.15) is 0 Å². The molecule has 82 valence electrons. The first-order chi connectivity index (χ1) is 7.78. The highest BCUT2D eigenvalue weighted by molar-refractivity contribution is 14.1. The van der Waals surface area contributed by atoms with Crippen LogP contribution in [0.15, 0.2) is 36.7 Å². The van der Waals surface area contributed by atoms with Crippen LogP contribution >= 0.6 is 22.6 Å². The number of halogens is 1. The Hall–Kier alpha value is -1.37. The van der Waals surface area contributed by atoms with Crippen molar-refractivity contribution in [3.8, 4) is 0 Å². The average molecular weight is 326 g/mol. The molecule has 1 heterocycles. The third-order valence-electron chi connectivity index (χ3n) is 2.02. The van der Waals surface area contributed by atoms with Crippen molar-refractivity contribution in [3.05, 3.63) is 40.2 Å². The number of hydrogen-bond donors (Lipinski definition) is 2. The summed E-state index contributed by atoms with van der Waals surface area (Å²) in [4.78, 5) is 8.20. The number of rotatable bonds is 3. The van der Waals surface area contributed by atoms with E-state index in [1.165, 1.54) is 9.90 Å². The van der Waals surface area contributed by atoms with Gasteiger partial charge in [0, 0.05) is 22.4 Å². The summed E-state index contributed by atoms with van der Waals surface area (Å²) in [5, 5.41) is 6.20. The van der Waals surface area contributed by atoms with Gasteiger partial charge in [-0.25, -0.2) is 9.97 Å². The van der Waals surface area contributed by atoms with Crippen molar-refractivity contribution in [2.24, 2.45) is 0 Å². The SMILES string of the molecule is CNc1cc(Nc2cccc(I)c2)ncn1. The molecule has 5 heteroatoms. The van der Waals surface area contributed by atoms with Crippen LogP contribution in [0, 0.1) is 3.57 Å². The zero-order valence-electron chi connectivity index (χ0n) is 8.74. The number of hydrogen-bond acceptors (Lipinski definition) is 4. The van der Waals surface area contributed by atoms with Crippen LogP contribution in [0.1, 0.15) is 0 Å². The fourth-order valence-corrected chi connectivity index (χ4v) is 1.82. The van der Waals surface area contributed by atoms with Gasteiger partial charge in [-0.15, -0.1) is 0 Å². The Balaban J connectivity index is 2.20. The molecule has 0 spiro atoms. The summed E-state index contributed by atoms with van der Waals surface area (Å²) in [6.45, 7) is 0. The standard InChI is InChI=1S/C11H11IN4/c1-13-10-6-11(15-7-14-10)16-9-4-2-3-8(12)5-9/h2-7H,1H3,(H2,13,14,15,16). The highest BCUT2D eigenvalue weighted by Crippen LogP contribution is 2.17. The molecule has 0 aliphatic carbocycles. The second-order valence-electron chi connectivity index (χ2n) is 3.17. The van der Waals surface area contributed by atoms with Crippen molar-refractivity contribution in [2.45, 2.75) is 0 Å². The van der Waals surface area contributed by atoms with Crippen molar-refractivity contribution in [3.63, 3.8) is 0 Å². The first-order valence-corrected chi connectivity index (χ1v) is 5.88. The van der Waals surface area contributed by atoms with Crippen LogP contribution in [0.5, 0.6) is 0 Å². The van der Waals surface area contributed by atoms with E-state index < -0.39 is 0 Å². The van der Waals surface area contributed by atoms with Gasteiger partial charge in [0.1, 0.15) is 18.0 Å². The van der Waals surface area contributed by atoms with E-state index in [4.69, 9.17) is 0 Å². The normalized spacial score (nSPS) is 9.88. The zero-order valence-corrected chi connectivity index (χ0v) is 10.9. The maximum absolute atomic E-state index is 4.15. The molecular weight excluding hydrogens is 315 g/mol. The number of nitrogens with zero attached hydrogens (tertiary/aromatic N) is 2. The van der Waals surface area contributed by atoms with Crippen LogP contribution in [-0.2, 0) is 0 Å². The summed E-state index contributed by atoms with van der Waals surface area (Å²) in [5.41, 5.74) is 1.02. The van der Waals surface area contributed by atoms with Gasteiger partial charge in [-0.05, 0) is 40.8 Å². The largest absolute Gasteiger partial charge is 0.373 e. The lowest BCUT2D eigenvalue weighted by Crippen LogP contribution is -1.97. The van der Waals surface area contributed by atoms with Crippen LogP contribution in [0.2, 0.25) is 0 Å². The quantitative estimate of drug-likeness (QED) is 0.852. The van der Waals surface area contributed by atoms with Crippen molar-refractivity contribution in [1.29, 1.82) is 0 Å². The van der Waals surface area contributed by atoms with Gasteiger partial charge in [0.25, 0.3) is 0 Å². The Bertz CT molecular complexity index is 487. The molecule has 1 aromatic heterocycles. The molecular formula is C11H11IN4. The monoisotopic (exact) mass is 326 g/mol. The first kappa shape index (κ1) is 11.1. The molecule has 0 aliphatic heterocycles. The van der Waals surface area contributed by atoms with Crippen LogP contribution in [0.4, 0.5) is 17.3 Å². The van der Waals surface area contributed by atoms with E-state index in [-0.39, 0.29) is 0 Å². The minimum Gasteiger partial charge on any atom is -0.373 e. The Kier molecular flexibility index (Phi) is 3.55. The fourth-order valence-electron chi connectivity index (χ4n) is 1.28. The molecule has 0 saturated heterocycles. The van der Waals surface area contributed by atoms with Crippen LogP contribution in [0.3, 0.4) is 0 Å². The van der Waals surface area contributed by atoms with Gasteiger partial charge in [0.05, 0.1) is 0 Å². The number of anilines is 3. The lowest BCUT2D eigenvalue weighted by molar-refractivity contribution is 1.16. The summed E-state index contributed by atoms with van der Waals surface area (Å²) in [5.74, 6) is 1.57. The lowest BCUT2D eigenvalue weighted by Gasteiger charge is -2.06. The first-order valence-electron chi connectivity index (χ1n) is 4.80. The van der Waals surface area contributed by atoms with Gasteiger partial charge < -0.3 is 10.6 Å². The molecule has 4 nitrogen and oxygen atoms in total. The van der Waals surface area contributed by atoms with E-state index in [0.29, 0.717) is 0 Å². The molecule has 1 aromatic carbocycles. The Labute approximate surface area is 108 Å². The Morgan fingerprint density at radius 1 is 1.12 bits per heavy atom. The third-order valence-corrected chi connectivity index (χ3v) is 2.69.